The van der Waals surface area contributed by atoms with Crippen molar-refractivity contribution in [1.82, 2.24) is 10.1 Å². The maximum absolute atomic E-state index is 6.26. The first-order chi connectivity index (χ1) is 11.8. The van der Waals surface area contributed by atoms with Crippen molar-refractivity contribution in [3.05, 3.63) is 24.0 Å². The second-order valence-electron chi connectivity index (χ2n) is 6.76. The van der Waals surface area contributed by atoms with Gasteiger partial charge in [-0.2, -0.15) is 4.98 Å². The fourth-order valence-electron chi connectivity index (χ4n) is 3.12. The summed E-state index contributed by atoms with van der Waals surface area (Å²) in [4.78, 5) is 4.57. The molecule has 1 heterocycles. The first-order valence-corrected chi connectivity index (χ1v) is 9.11. The third-order valence-electron chi connectivity index (χ3n) is 4.64. The number of hydrogen-bond donors (Lipinski definition) is 0. The van der Waals surface area contributed by atoms with Crippen LogP contribution in [0, 0.1) is 0 Å². The lowest BCUT2D eigenvalue weighted by atomic mass is 10.1. The molecular weight excluding hydrogens is 304 g/mol. The predicted molar refractivity (Wildman–Crippen MR) is 90.4 cm³/mol. The fourth-order valence-corrected chi connectivity index (χ4v) is 3.12. The zero-order valence-corrected chi connectivity index (χ0v) is 14.2. The predicted octanol–water partition coefficient (Wildman–Crippen LogP) is 4.72. The molecule has 0 atom stereocenters. The van der Waals surface area contributed by atoms with Gasteiger partial charge in [-0.3, -0.25) is 0 Å². The van der Waals surface area contributed by atoms with E-state index >= 15 is 0 Å². The van der Waals surface area contributed by atoms with Crippen molar-refractivity contribution < 1.29 is 14.0 Å². The second-order valence-corrected chi connectivity index (χ2v) is 6.76. The summed E-state index contributed by atoms with van der Waals surface area (Å²) in [5.41, 5.74) is 0.866. The lowest BCUT2D eigenvalue weighted by molar-refractivity contribution is 0.209. The molecule has 5 heteroatoms. The molecule has 2 aromatic rings. The van der Waals surface area contributed by atoms with Crippen LogP contribution in [-0.2, 0) is 0 Å². The third-order valence-corrected chi connectivity index (χ3v) is 4.64. The van der Waals surface area contributed by atoms with Crippen LogP contribution in [0.4, 0.5) is 0 Å². The maximum Gasteiger partial charge on any atom is 0.261 e. The molecule has 0 amide bonds. The van der Waals surface area contributed by atoms with Gasteiger partial charge in [0.1, 0.15) is 11.5 Å². The molecular formula is C19H24N2O3. The van der Waals surface area contributed by atoms with Crippen LogP contribution < -0.4 is 9.47 Å². The lowest BCUT2D eigenvalue weighted by Crippen LogP contribution is -2.11. The molecule has 2 saturated carbocycles. The van der Waals surface area contributed by atoms with E-state index < -0.39 is 0 Å². The Morgan fingerprint density at radius 2 is 2.00 bits per heavy atom. The minimum Gasteiger partial charge on any atom is -0.493 e. The summed E-state index contributed by atoms with van der Waals surface area (Å²) < 4.78 is 17.5. The lowest BCUT2D eigenvalue weighted by Gasteiger charge is -2.16. The van der Waals surface area contributed by atoms with Crippen LogP contribution >= 0.6 is 0 Å². The number of nitrogens with zero attached hydrogens (tertiary/aromatic N) is 2. The number of benzene rings is 1. The van der Waals surface area contributed by atoms with Gasteiger partial charge in [0.2, 0.25) is 0 Å². The molecule has 1 aromatic heterocycles. The highest BCUT2D eigenvalue weighted by Gasteiger charge is 2.29. The van der Waals surface area contributed by atoms with Gasteiger partial charge >= 0.3 is 0 Å². The van der Waals surface area contributed by atoms with Gasteiger partial charge in [-0.05, 0) is 57.1 Å². The fraction of sp³-hybridized carbons (Fsp3) is 0.579. The minimum atomic E-state index is 0.274. The summed E-state index contributed by atoms with van der Waals surface area (Å²) in [7, 11) is 0. The Morgan fingerprint density at radius 1 is 1.17 bits per heavy atom. The van der Waals surface area contributed by atoms with E-state index in [2.05, 4.69) is 17.1 Å². The molecule has 0 spiro atoms. The number of rotatable bonds is 7. The Bertz CT molecular complexity index is 688. The Hall–Kier alpha value is -2.04. The largest absolute Gasteiger partial charge is 0.493 e. The summed E-state index contributed by atoms with van der Waals surface area (Å²) in [6.45, 7) is 2.80. The molecule has 0 unspecified atom stereocenters. The van der Waals surface area contributed by atoms with E-state index in [1.165, 1.54) is 12.8 Å². The number of aromatic nitrogens is 2. The Balaban J connectivity index is 1.61. The van der Waals surface area contributed by atoms with Gasteiger partial charge in [-0.15, -0.1) is 0 Å². The summed E-state index contributed by atoms with van der Waals surface area (Å²) in [5.74, 6) is 3.47. The highest BCUT2D eigenvalue weighted by Crippen LogP contribution is 2.40. The molecule has 4 rings (SSSR count). The SMILES string of the molecule is CCCOc1ccc(-c2nc(C3CC3)no2)c(OC2CCCC2)c1. The first kappa shape index (κ1) is 15.5. The maximum atomic E-state index is 6.26. The van der Waals surface area contributed by atoms with Crippen LogP contribution in [0.1, 0.15) is 63.6 Å². The van der Waals surface area contributed by atoms with Crippen molar-refractivity contribution in [2.75, 3.05) is 6.61 Å². The van der Waals surface area contributed by atoms with Gasteiger partial charge in [-0.1, -0.05) is 12.1 Å². The van der Waals surface area contributed by atoms with Crippen molar-refractivity contribution in [2.24, 2.45) is 0 Å². The van der Waals surface area contributed by atoms with E-state index in [4.69, 9.17) is 14.0 Å². The van der Waals surface area contributed by atoms with Crippen LogP contribution in [0.5, 0.6) is 11.5 Å². The minimum absolute atomic E-state index is 0.274. The van der Waals surface area contributed by atoms with Crippen LogP contribution in [0.25, 0.3) is 11.5 Å². The van der Waals surface area contributed by atoms with Gasteiger partial charge in [0.25, 0.3) is 5.89 Å². The molecule has 0 saturated heterocycles. The summed E-state index contributed by atoms with van der Waals surface area (Å²) >= 11 is 0. The molecule has 2 aliphatic rings. The standard InChI is InChI=1S/C19H24N2O3/c1-2-11-22-15-9-10-16(17(12-15)23-14-5-3-4-6-14)19-20-18(21-24-19)13-7-8-13/h9-10,12-14H,2-8,11H2,1H3. The van der Waals surface area contributed by atoms with E-state index in [0.717, 1.165) is 55.0 Å². The summed E-state index contributed by atoms with van der Waals surface area (Å²) in [6.07, 6.45) is 8.26. The molecule has 2 aliphatic carbocycles. The normalized spacial score (nSPS) is 18.0. The molecule has 0 aliphatic heterocycles. The van der Waals surface area contributed by atoms with Gasteiger partial charge in [-0.25, -0.2) is 0 Å². The van der Waals surface area contributed by atoms with Crippen LogP contribution in [0.2, 0.25) is 0 Å². The molecule has 0 radical (unpaired) electrons. The second kappa shape index (κ2) is 6.83. The zero-order valence-electron chi connectivity index (χ0n) is 14.2. The quantitative estimate of drug-likeness (QED) is 0.736. The number of ether oxygens (including phenoxy) is 2. The zero-order chi connectivity index (χ0) is 16.4. The Kier molecular flexibility index (Phi) is 4.41. The van der Waals surface area contributed by atoms with Gasteiger partial charge in [0.15, 0.2) is 5.82 Å². The Labute approximate surface area is 142 Å². The molecule has 5 nitrogen and oxygen atoms in total. The van der Waals surface area contributed by atoms with E-state index in [-0.39, 0.29) is 6.10 Å². The van der Waals surface area contributed by atoms with Crippen molar-refractivity contribution >= 4 is 0 Å². The average molecular weight is 328 g/mol. The molecule has 1 aromatic carbocycles. The van der Waals surface area contributed by atoms with Crippen LogP contribution in [0.15, 0.2) is 22.7 Å². The van der Waals surface area contributed by atoms with E-state index in [1.807, 2.05) is 18.2 Å². The van der Waals surface area contributed by atoms with E-state index in [9.17, 15) is 0 Å². The third kappa shape index (κ3) is 3.40. The Morgan fingerprint density at radius 3 is 2.75 bits per heavy atom. The van der Waals surface area contributed by atoms with Gasteiger partial charge in [0, 0.05) is 12.0 Å². The van der Waals surface area contributed by atoms with Crippen molar-refractivity contribution in [2.45, 2.75) is 63.9 Å². The van der Waals surface area contributed by atoms with Crippen molar-refractivity contribution in [3.8, 4) is 23.0 Å². The highest BCUT2D eigenvalue weighted by atomic mass is 16.5. The van der Waals surface area contributed by atoms with Crippen LogP contribution in [0.3, 0.4) is 0 Å². The topological polar surface area (TPSA) is 57.4 Å². The monoisotopic (exact) mass is 328 g/mol. The summed E-state index contributed by atoms with van der Waals surface area (Å²) in [5, 5.41) is 4.13. The molecule has 2 fully saturated rings. The average Bonchev–Trinajstić information content (AvgIpc) is 3.11. The van der Waals surface area contributed by atoms with E-state index in [0.29, 0.717) is 18.4 Å². The number of hydrogen-bond acceptors (Lipinski definition) is 5. The summed E-state index contributed by atoms with van der Waals surface area (Å²) in [6, 6.07) is 5.89. The molecule has 128 valence electrons. The van der Waals surface area contributed by atoms with Crippen molar-refractivity contribution in [3.63, 3.8) is 0 Å². The van der Waals surface area contributed by atoms with Crippen molar-refractivity contribution in [1.29, 1.82) is 0 Å². The highest BCUT2D eigenvalue weighted by molar-refractivity contribution is 5.64. The first-order valence-electron chi connectivity index (χ1n) is 9.11. The molecule has 24 heavy (non-hydrogen) atoms. The smallest absolute Gasteiger partial charge is 0.261 e. The molecule has 0 bridgehead atoms. The van der Waals surface area contributed by atoms with Gasteiger partial charge < -0.3 is 14.0 Å². The van der Waals surface area contributed by atoms with Crippen LogP contribution in [-0.4, -0.2) is 22.9 Å². The van der Waals surface area contributed by atoms with E-state index in [1.54, 1.807) is 0 Å². The van der Waals surface area contributed by atoms with Gasteiger partial charge in [0.05, 0.1) is 18.3 Å². The molecule has 0 N–H and O–H groups in total.